The summed E-state index contributed by atoms with van der Waals surface area (Å²) in [5.41, 5.74) is 6.59. The van der Waals surface area contributed by atoms with Gasteiger partial charge in [-0.1, -0.05) is 6.07 Å². The molecule has 1 aromatic rings. The molecule has 1 atom stereocenters. The van der Waals surface area contributed by atoms with Crippen molar-refractivity contribution < 1.29 is 10.2 Å². The van der Waals surface area contributed by atoms with Gasteiger partial charge in [-0.15, -0.1) is 0 Å². The van der Waals surface area contributed by atoms with Crippen LogP contribution in [0.15, 0.2) is 18.3 Å². The summed E-state index contributed by atoms with van der Waals surface area (Å²) in [6.45, 7) is 4.38. The number of nitrogens with two attached hydrogens (primary N) is 1. The monoisotopic (exact) mass is 266 g/mol. The van der Waals surface area contributed by atoms with E-state index in [4.69, 9.17) is 10.8 Å². The molecule has 19 heavy (non-hydrogen) atoms. The fourth-order valence-electron chi connectivity index (χ4n) is 2.24. The molecule has 0 aliphatic carbocycles. The summed E-state index contributed by atoms with van der Waals surface area (Å²) in [4.78, 5) is 8.80. The van der Waals surface area contributed by atoms with E-state index in [1.165, 1.54) is 0 Å². The first kappa shape index (κ1) is 14.2. The molecule has 0 radical (unpaired) electrons. The van der Waals surface area contributed by atoms with Gasteiger partial charge in [0.25, 0.3) is 0 Å². The van der Waals surface area contributed by atoms with E-state index in [0.717, 1.165) is 37.6 Å². The van der Waals surface area contributed by atoms with Crippen molar-refractivity contribution >= 4 is 5.82 Å². The summed E-state index contributed by atoms with van der Waals surface area (Å²) in [5.74, 6) is 0.972. The van der Waals surface area contributed by atoms with Gasteiger partial charge in [0.1, 0.15) is 5.82 Å². The van der Waals surface area contributed by atoms with Crippen LogP contribution in [0.2, 0.25) is 0 Å². The Morgan fingerprint density at radius 3 is 2.53 bits per heavy atom. The Morgan fingerprint density at radius 2 is 2.00 bits per heavy atom. The van der Waals surface area contributed by atoms with Gasteiger partial charge in [0.2, 0.25) is 0 Å². The van der Waals surface area contributed by atoms with Crippen molar-refractivity contribution in [2.45, 2.75) is 12.6 Å². The van der Waals surface area contributed by atoms with E-state index in [0.29, 0.717) is 13.1 Å². The molecule has 106 valence electrons. The lowest BCUT2D eigenvalue weighted by atomic mass is 10.2. The fourth-order valence-corrected chi connectivity index (χ4v) is 2.24. The minimum Gasteiger partial charge on any atom is -0.394 e. The second-order valence-corrected chi connectivity index (χ2v) is 4.85. The fraction of sp³-hybridized carbons (Fsp3) is 0.615. The van der Waals surface area contributed by atoms with Gasteiger partial charge < -0.3 is 20.8 Å². The number of aliphatic hydroxyl groups excluding tert-OH is 2. The van der Waals surface area contributed by atoms with Gasteiger partial charge in [0.15, 0.2) is 0 Å². The van der Waals surface area contributed by atoms with Crippen molar-refractivity contribution in [3.8, 4) is 0 Å². The second-order valence-electron chi connectivity index (χ2n) is 4.85. The van der Waals surface area contributed by atoms with Crippen LogP contribution in [0.3, 0.4) is 0 Å². The number of hydrogen-bond donors (Lipinski definition) is 3. The van der Waals surface area contributed by atoms with Gasteiger partial charge in [-0.05, 0) is 11.6 Å². The topological polar surface area (TPSA) is 85.9 Å². The van der Waals surface area contributed by atoms with Crippen LogP contribution in [0.1, 0.15) is 5.56 Å². The summed E-state index contributed by atoms with van der Waals surface area (Å²) in [6, 6.07) is 4.00. The largest absolute Gasteiger partial charge is 0.394 e. The molecular formula is C13H22N4O2. The molecule has 1 fully saturated rings. The molecule has 1 aliphatic heterocycles. The lowest BCUT2D eigenvalue weighted by Crippen LogP contribution is -2.49. The molecule has 2 rings (SSSR count). The molecule has 0 saturated carbocycles. The van der Waals surface area contributed by atoms with Crippen LogP contribution in [0, 0.1) is 0 Å². The predicted molar refractivity (Wildman–Crippen MR) is 73.9 cm³/mol. The first-order chi connectivity index (χ1) is 9.22. The number of piperazine rings is 1. The molecule has 0 bridgehead atoms. The highest BCUT2D eigenvalue weighted by Gasteiger charge is 2.19. The normalized spacial score (nSPS) is 18.6. The molecule has 1 unspecified atom stereocenters. The van der Waals surface area contributed by atoms with E-state index in [-0.39, 0.29) is 6.61 Å². The number of anilines is 1. The maximum Gasteiger partial charge on any atom is 0.128 e. The van der Waals surface area contributed by atoms with Gasteiger partial charge in [-0.25, -0.2) is 4.98 Å². The van der Waals surface area contributed by atoms with E-state index < -0.39 is 6.10 Å². The molecular weight excluding hydrogens is 244 g/mol. The smallest absolute Gasteiger partial charge is 0.128 e. The summed E-state index contributed by atoms with van der Waals surface area (Å²) in [7, 11) is 0. The van der Waals surface area contributed by atoms with Gasteiger partial charge in [0.05, 0.1) is 12.7 Å². The highest BCUT2D eigenvalue weighted by atomic mass is 16.3. The molecule has 1 aliphatic rings. The molecule has 0 amide bonds. The maximum absolute atomic E-state index is 9.42. The average molecular weight is 266 g/mol. The number of aromatic nitrogens is 1. The summed E-state index contributed by atoms with van der Waals surface area (Å²) >= 11 is 0. The van der Waals surface area contributed by atoms with E-state index in [2.05, 4.69) is 14.8 Å². The van der Waals surface area contributed by atoms with E-state index in [1.807, 2.05) is 18.3 Å². The average Bonchev–Trinajstić information content (AvgIpc) is 2.48. The van der Waals surface area contributed by atoms with Crippen molar-refractivity contribution in [3.63, 3.8) is 0 Å². The first-order valence-electron chi connectivity index (χ1n) is 6.64. The van der Waals surface area contributed by atoms with Crippen LogP contribution >= 0.6 is 0 Å². The number of hydrogen-bond acceptors (Lipinski definition) is 6. The minimum atomic E-state index is -0.645. The van der Waals surface area contributed by atoms with Crippen molar-refractivity contribution in [1.82, 2.24) is 9.88 Å². The van der Waals surface area contributed by atoms with Crippen molar-refractivity contribution in [2.75, 3.05) is 44.2 Å². The maximum atomic E-state index is 9.42. The number of aliphatic hydroxyl groups is 2. The van der Waals surface area contributed by atoms with Crippen LogP contribution < -0.4 is 10.6 Å². The number of rotatable bonds is 5. The zero-order valence-corrected chi connectivity index (χ0v) is 11.1. The minimum absolute atomic E-state index is 0.178. The summed E-state index contributed by atoms with van der Waals surface area (Å²) in [5, 5.41) is 18.3. The second kappa shape index (κ2) is 6.81. The Hall–Kier alpha value is -1.21. The molecule has 0 aromatic carbocycles. The van der Waals surface area contributed by atoms with E-state index in [9.17, 15) is 5.11 Å². The lowest BCUT2D eigenvalue weighted by Gasteiger charge is -2.36. The standard InChI is InChI=1S/C13H22N4O2/c14-7-11-1-2-13(15-8-11)17-5-3-16(4-6-17)9-12(19)10-18/h1-2,8,12,18-19H,3-7,9-10,14H2. The lowest BCUT2D eigenvalue weighted by molar-refractivity contribution is 0.0574. The molecule has 4 N–H and O–H groups in total. The van der Waals surface area contributed by atoms with E-state index >= 15 is 0 Å². The Bertz CT molecular complexity index is 377. The highest BCUT2D eigenvalue weighted by Crippen LogP contribution is 2.14. The van der Waals surface area contributed by atoms with Crippen LogP contribution in [0.5, 0.6) is 0 Å². The van der Waals surface area contributed by atoms with Gasteiger partial charge in [-0.2, -0.15) is 0 Å². The number of β-amino-alcohol motifs (C(OH)–C–C–N with tert-alkyl or cyclic N) is 1. The van der Waals surface area contributed by atoms with Crippen molar-refractivity contribution in [1.29, 1.82) is 0 Å². The third-order valence-electron chi connectivity index (χ3n) is 3.42. The van der Waals surface area contributed by atoms with Crippen LogP contribution in [-0.2, 0) is 6.54 Å². The molecule has 0 spiro atoms. The highest BCUT2D eigenvalue weighted by molar-refractivity contribution is 5.39. The Morgan fingerprint density at radius 1 is 1.26 bits per heavy atom. The number of nitrogens with zero attached hydrogens (tertiary/aromatic N) is 3. The SMILES string of the molecule is NCc1ccc(N2CCN(CC(O)CO)CC2)nc1. The molecule has 1 saturated heterocycles. The summed E-state index contributed by atoms with van der Waals surface area (Å²) < 4.78 is 0. The van der Waals surface area contributed by atoms with E-state index in [1.54, 1.807) is 0 Å². The van der Waals surface area contributed by atoms with Gasteiger partial charge in [-0.3, -0.25) is 4.90 Å². The molecule has 2 heterocycles. The zero-order chi connectivity index (χ0) is 13.7. The van der Waals surface area contributed by atoms with Crippen LogP contribution in [-0.4, -0.2) is 65.5 Å². The van der Waals surface area contributed by atoms with Crippen LogP contribution in [0.25, 0.3) is 0 Å². The zero-order valence-electron chi connectivity index (χ0n) is 11.1. The third kappa shape index (κ3) is 3.87. The Balaban J connectivity index is 1.85. The van der Waals surface area contributed by atoms with Crippen LogP contribution in [0.4, 0.5) is 5.82 Å². The predicted octanol–water partition coefficient (Wildman–Crippen LogP) is -0.984. The first-order valence-corrected chi connectivity index (χ1v) is 6.64. The van der Waals surface area contributed by atoms with Crippen molar-refractivity contribution in [2.24, 2.45) is 5.73 Å². The Labute approximate surface area is 113 Å². The van der Waals surface area contributed by atoms with Gasteiger partial charge in [0, 0.05) is 45.5 Å². The number of pyridine rings is 1. The van der Waals surface area contributed by atoms with Gasteiger partial charge >= 0.3 is 0 Å². The van der Waals surface area contributed by atoms with Crippen molar-refractivity contribution in [3.05, 3.63) is 23.9 Å². The molecule has 1 aromatic heterocycles. The molecule has 6 heteroatoms. The molecule has 6 nitrogen and oxygen atoms in total. The third-order valence-corrected chi connectivity index (χ3v) is 3.42. The quantitative estimate of drug-likeness (QED) is 0.635. The Kier molecular flexibility index (Phi) is 5.09. The summed E-state index contributed by atoms with van der Waals surface area (Å²) in [6.07, 6.45) is 1.17.